The highest BCUT2D eigenvalue weighted by molar-refractivity contribution is 5.80. The van der Waals surface area contributed by atoms with Crippen LogP contribution in [0.4, 0.5) is 0 Å². The molecule has 2 heterocycles. The second-order valence-corrected chi connectivity index (χ2v) is 7.58. The van der Waals surface area contributed by atoms with Crippen molar-refractivity contribution in [3.63, 3.8) is 0 Å². The van der Waals surface area contributed by atoms with Gasteiger partial charge in [0.2, 0.25) is 11.8 Å². The van der Waals surface area contributed by atoms with Gasteiger partial charge in [-0.25, -0.2) is 0 Å². The van der Waals surface area contributed by atoms with Crippen molar-refractivity contribution in [2.24, 2.45) is 5.41 Å². The highest BCUT2D eigenvalue weighted by Gasteiger charge is 2.46. The lowest BCUT2D eigenvalue weighted by molar-refractivity contribution is -0.130. The predicted octanol–water partition coefficient (Wildman–Crippen LogP) is 1.60. The molecule has 0 aromatic heterocycles. The molecule has 2 fully saturated rings. The molecule has 0 N–H and O–H groups in total. The van der Waals surface area contributed by atoms with E-state index in [1.54, 1.807) is 14.0 Å². The van der Waals surface area contributed by atoms with Crippen LogP contribution < -0.4 is 4.74 Å². The molecular weight excluding hydrogens is 330 g/mol. The van der Waals surface area contributed by atoms with Crippen LogP contribution in [0.2, 0.25) is 0 Å². The Hall–Kier alpha value is -2.08. The van der Waals surface area contributed by atoms with Crippen molar-refractivity contribution in [1.82, 2.24) is 14.7 Å². The van der Waals surface area contributed by atoms with Gasteiger partial charge in [-0.3, -0.25) is 14.5 Å². The van der Waals surface area contributed by atoms with Crippen molar-refractivity contribution >= 4 is 11.8 Å². The average Bonchev–Trinajstić information content (AvgIpc) is 2.82. The number of nitrogens with zero attached hydrogens (tertiary/aromatic N) is 3. The van der Waals surface area contributed by atoms with Gasteiger partial charge in [-0.15, -0.1) is 0 Å². The number of amides is 2. The Morgan fingerprint density at radius 2 is 1.88 bits per heavy atom. The van der Waals surface area contributed by atoms with E-state index in [1.165, 1.54) is 5.56 Å². The van der Waals surface area contributed by atoms with Gasteiger partial charge in [0.25, 0.3) is 0 Å². The molecule has 1 aromatic rings. The first kappa shape index (κ1) is 18.7. The molecule has 142 valence electrons. The van der Waals surface area contributed by atoms with Crippen molar-refractivity contribution in [2.45, 2.75) is 26.8 Å². The van der Waals surface area contributed by atoms with Gasteiger partial charge in [0.15, 0.2) is 0 Å². The minimum Gasteiger partial charge on any atom is -0.497 e. The topological polar surface area (TPSA) is 53.1 Å². The maximum absolute atomic E-state index is 12.4. The quantitative estimate of drug-likeness (QED) is 0.819. The van der Waals surface area contributed by atoms with Gasteiger partial charge in [0.1, 0.15) is 5.75 Å². The maximum atomic E-state index is 12.4. The van der Waals surface area contributed by atoms with Crippen molar-refractivity contribution in [3.05, 3.63) is 29.8 Å². The molecule has 1 aromatic carbocycles. The van der Waals surface area contributed by atoms with Crippen LogP contribution in [-0.2, 0) is 16.1 Å². The van der Waals surface area contributed by atoms with Gasteiger partial charge in [-0.05, 0) is 24.6 Å². The number of carbonyl (C=O) groups is 2. The molecule has 2 aliphatic heterocycles. The van der Waals surface area contributed by atoms with E-state index < -0.39 is 0 Å². The summed E-state index contributed by atoms with van der Waals surface area (Å²) < 4.78 is 5.23. The van der Waals surface area contributed by atoms with Crippen molar-refractivity contribution in [3.8, 4) is 5.75 Å². The van der Waals surface area contributed by atoms with E-state index in [9.17, 15) is 9.59 Å². The largest absolute Gasteiger partial charge is 0.497 e. The molecule has 2 aliphatic rings. The molecular formula is C20H29N3O3. The molecule has 0 radical (unpaired) electrons. The summed E-state index contributed by atoms with van der Waals surface area (Å²) in [5.41, 5.74) is 1.05. The number of carbonyl (C=O) groups excluding carboxylic acids is 2. The summed E-state index contributed by atoms with van der Waals surface area (Å²) in [5, 5.41) is 0. The number of benzene rings is 1. The Bertz CT molecular complexity index is 661. The number of ether oxygens (including phenoxy) is 1. The number of hydrogen-bond donors (Lipinski definition) is 0. The van der Waals surface area contributed by atoms with Gasteiger partial charge in [0, 0.05) is 64.6 Å². The van der Waals surface area contributed by atoms with Crippen LogP contribution in [0.25, 0.3) is 0 Å². The van der Waals surface area contributed by atoms with E-state index in [1.807, 2.05) is 28.9 Å². The van der Waals surface area contributed by atoms with E-state index in [-0.39, 0.29) is 17.2 Å². The SMILES string of the molecule is CCN1CC2(CC1=O)CN(Cc1ccc(OC)cc1)CCN(C(C)=O)C2. The number of likely N-dealkylation sites (tertiary alicyclic amines) is 1. The normalized spacial score (nSPS) is 24.2. The first-order valence-corrected chi connectivity index (χ1v) is 9.33. The second kappa shape index (κ2) is 7.66. The van der Waals surface area contributed by atoms with Crippen LogP contribution in [0.3, 0.4) is 0 Å². The molecule has 2 amide bonds. The molecule has 26 heavy (non-hydrogen) atoms. The zero-order chi connectivity index (χ0) is 18.7. The van der Waals surface area contributed by atoms with E-state index in [2.05, 4.69) is 17.0 Å². The van der Waals surface area contributed by atoms with Crippen LogP contribution in [0, 0.1) is 5.41 Å². The van der Waals surface area contributed by atoms with Crippen molar-refractivity contribution in [2.75, 3.05) is 46.4 Å². The fraction of sp³-hybridized carbons (Fsp3) is 0.600. The first-order valence-electron chi connectivity index (χ1n) is 9.33. The van der Waals surface area contributed by atoms with Crippen LogP contribution in [0.5, 0.6) is 5.75 Å². The van der Waals surface area contributed by atoms with Crippen LogP contribution >= 0.6 is 0 Å². The second-order valence-electron chi connectivity index (χ2n) is 7.58. The molecule has 0 bridgehead atoms. The summed E-state index contributed by atoms with van der Waals surface area (Å²) in [4.78, 5) is 30.7. The molecule has 1 atom stereocenters. The molecule has 2 saturated heterocycles. The minimum atomic E-state index is -0.165. The summed E-state index contributed by atoms with van der Waals surface area (Å²) in [6.07, 6.45) is 0.531. The maximum Gasteiger partial charge on any atom is 0.223 e. The average molecular weight is 359 g/mol. The third-order valence-corrected chi connectivity index (χ3v) is 5.57. The third kappa shape index (κ3) is 4.01. The van der Waals surface area contributed by atoms with E-state index in [4.69, 9.17) is 4.74 Å². The highest BCUT2D eigenvalue weighted by Crippen LogP contribution is 2.35. The summed E-state index contributed by atoms with van der Waals surface area (Å²) in [6.45, 7) is 8.99. The van der Waals surface area contributed by atoms with Gasteiger partial charge in [-0.2, -0.15) is 0 Å². The van der Waals surface area contributed by atoms with Gasteiger partial charge >= 0.3 is 0 Å². The summed E-state index contributed by atoms with van der Waals surface area (Å²) in [5.74, 6) is 1.16. The van der Waals surface area contributed by atoms with Gasteiger partial charge in [-0.1, -0.05) is 12.1 Å². The van der Waals surface area contributed by atoms with E-state index in [0.29, 0.717) is 19.5 Å². The molecule has 0 saturated carbocycles. The fourth-order valence-corrected chi connectivity index (χ4v) is 4.22. The predicted molar refractivity (Wildman–Crippen MR) is 99.8 cm³/mol. The van der Waals surface area contributed by atoms with Crippen LogP contribution in [0.1, 0.15) is 25.8 Å². The Morgan fingerprint density at radius 3 is 2.46 bits per heavy atom. The molecule has 6 nitrogen and oxygen atoms in total. The number of methoxy groups -OCH3 is 1. The zero-order valence-corrected chi connectivity index (χ0v) is 16.0. The number of rotatable bonds is 4. The standard InChI is InChI=1S/C20H29N3O3/c1-4-22-14-20(11-19(22)25)13-21(9-10-23(15-20)16(2)24)12-17-5-7-18(26-3)8-6-17/h5-8H,4,9-15H2,1-3H3. The molecule has 6 heteroatoms. The fourth-order valence-electron chi connectivity index (χ4n) is 4.22. The Labute approximate surface area is 155 Å². The van der Waals surface area contributed by atoms with Crippen molar-refractivity contribution < 1.29 is 14.3 Å². The molecule has 0 aliphatic carbocycles. The Kier molecular flexibility index (Phi) is 5.51. The zero-order valence-electron chi connectivity index (χ0n) is 16.0. The summed E-state index contributed by atoms with van der Waals surface area (Å²) >= 11 is 0. The molecule has 3 rings (SSSR count). The Balaban J connectivity index is 1.78. The smallest absolute Gasteiger partial charge is 0.223 e. The first-order chi connectivity index (χ1) is 12.4. The monoisotopic (exact) mass is 359 g/mol. The lowest BCUT2D eigenvalue weighted by Crippen LogP contribution is -2.43. The minimum absolute atomic E-state index is 0.0954. The lowest BCUT2D eigenvalue weighted by Gasteiger charge is -2.33. The van der Waals surface area contributed by atoms with Gasteiger partial charge < -0.3 is 14.5 Å². The van der Waals surface area contributed by atoms with Crippen molar-refractivity contribution in [1.29, 1.82) is 0 Å². The van der Waals surface area contributed by atoms with Crippen LogP contribution in [-0.4, -0.2) is 72.9 Å². The molecule has 1 spiro atoms. The summed E-state index contributed by atoms with van der Waals surface area (Å²) in [7, 11) is 1.67. The molecule has 1 unspecified atom stereocenters. The van der Waals surface area contributed by atoms with Gasteiger partial charge in [0.05, 0.1) is 7.11 Å². The highest BCUT2D eigenvalue weighted by atomic mass is 16.5. The third-order valence-electron chi connectivity index (χ3n) is 5.57. The Morgan fingerprint density at radius 1 is 1.15 bits per heavy atom. The van der Waals surface area contributed by atoms with E-state index in [0.717, 1.165) is 38.5 Å². The lowest BCUT2D eigenvalue weighted by atomic mass is 9.85. The van der Waals surface area contributed by atoms with Crippen LogP contribution in [0.15, 0.2) is 24.3 Å². The van der Waals surface area contributed by atoms with E-state index >= 15 is 0 Å². The number of hydrogen-bond acceptors (Lipinski definition) is 4. The summed E-state index contributed by atoms with van der Waals surface area (Å²) in [6, 6.07) is 8.11.